The molecule has 0 amide bonds. The van der Waals surface area contributed by atoms with E-state index in [-0.39, 0.29) is 6.10 Å². The quantitative estimate of drug-likeness (QED) is 0.496. The lowest BCUT2D eigenvalue weighted by atomic mass is 10.1. The maximum atomic E-state index is 10.9. The van der Waals surface area contributed by atoms with E-state index in [1.54, 1.807) is 18.2 Å². The normalized spacial score (nSPS) is 12.2. The number of hydrogen-bond donors (Lipinski definition) is 0. The highest BCUT2D eigenvalue weighted by molar-refractivity contribution is 6.32. The number of carbonyl (C=O) groups excluding carboxylic acids is 1. The van der Waals surface area contributed by atoms with Crippen molar-refractivity contribution in [3.05, 3.63) is 28.8 Å². The van der Waals surface area contributed by atoms with Gasteiger partial charge in [0.2, 0.25) is 0 Å². The minimum absolute atomic E-state index is 0.0838. The zero-order valence-corrected chi connectivity index (χ0v) is 11.9. The number of carbonyl (C=O) groups is 1. The molecule has 1 aromatic carbocycles. The van der Waals surface area contributed by atoms with Crippen molar-refractivity contribution in [2.24, 2.45) is 0 Å². The molecule has 0 aromatic heterocycles. The third-order valence-electron chi connectivity index (χ3n) is 2.91. The van der Waals surface area contributed by atoms with E-state index >= 15 is 0 Å². The molecule has 1 aromatic rings. The lowest BCUT2D eigenvalue weighted by Gasteiger charge is -2.17. The minimum atomic E-state index is 0.0838. The number of unbranched alkanes of at least 4 members (excludes halogenated alkanes) is 3. The number of benzene rings is 1. The van der Waals surface area contributed by atoms with Crippen molar-refractivity contribution in [1.82, 2.24) is 0 Å². The molecule has 0 aliphatic rings. The van der Waals surface area contributed by atoms with Crippen molar-refractivity contribution in [2.45, 2.75) is 52.1 Å². The molecule has 1 unspecified atom stereocenters. The maximum absolute atomic E-state index is 10.9. The lowest BCUT2D eigenvalue weighted by molar-refractivity contribution is 0.111. The fraction of sp³-hybridized carbons (Fsp3) is 0.533. The van der Waals surface area contributed by atoms with E-state index in [1.165, 1.54) is 19.3 Å². The number of aldehydes is 1. The molecular weight excluding hydrogens is 248 g/mol. The highest BCUT2D eigenvalue weighted by Gasteiger charge is 2.11. The van der Waals surface area contributed by atoms with Gasteiger partial charge >= 0.3 is 0 Å². The van der Waals surface area contributed by atoms with E-state index in [9.17, 15) is 4.79 Å². The molecule has 0 fully saturated rings. The third-order valence-corrected chi connectivity index (χ3v) is 3.21. The Hall–Kier alpha value is -1.02. The first-order chi connectivity index (χ1) is 8.69. The molecule has 1 atom stereocenters. The van der Waals surface area contributed by atoms with Gasteiger partial charge in [-0.3, -0.25) is 4.79 Å². The van der Waals surface area contributed by atoms with Crippen LogP contribution in [0.2, 0.25) is 5.02 Å². The predicted octanol–water partition coefficient (Wildman–Crippen LogP) is 4.89. The van der Waals surface area contributed by atoms with Gasteiger partial charge in [0.1, 0.15) is 5.75 Å². The number of hydrogen-bond acceptors (Lipinski definition) is 2. The van der Waals surface area contributed by atoms with Crippen LogP contribution in [0.1, 0.15) is 56.3 Å². The van der Waals surface area contributed by atoms with Crippen LogP contribution in [0, 0.1) is 0 Å². The van der Waals surface area contributed by atoms with E-state index < -0.39 is 0 Å². The second-order valence-corrected chi connectivity index (χ2v) is 4.96. The number of rotatable bonds is 8. The van der Waals surface area contributed by atoms with Gasteiger partial charge in [-0.15, -0.1) is 0 Å². The summed E-state index contributed by atoms with van der Waals surface area (Å²) in [5.74, 6) is 0.511. The first kappa shape index (κ1) is 15.0. The number of para-hydroxylation sites is 1. The average Bonchev–Trinajstić information content (AvgIpc) is 2.37. The van der Waals surface area contributed by atoms with Crippen LogP contribution in [-0.2, 0) is 0 Å². The summed E-state index contributed by atoms with van der Waals surface area (Å²) < 4.78 is 5.78. The Bertz CT molecular complexity index is 377. The first-order valence-corrected chi connectivity index (χ1v) is 6.97. The van der Waals surface area contributed by atoms with Crippen molar-refractivity contribution in [3.8, 4) is 5.75 Å². The molecule has 0 N–H and O–H groups in total. The highest BCUT2D eigenvalue weighted by Crippen LogP contribution is 2.29. The summed E-state index contributed by atoms with van der Waals surface area (Å²) in [6.07, 6.45) is 6.73. The van der Waals surface area contributed by atoms with Crippen LogP contribution in [0.25, 0.3) is 0 Å². The highest BCUT2D eigenvalue weighted by atomic mass is 35.5. The Morgan fingerprint density at radius 2 is 2.11 bits per heavy atom. The molecule has 100 valence electrons. The fourth-order valence-electron chi connectivity index (χ4n) is 1.86. The molecule has 0 saturated carbocycles. The van der Waals surface area contributed by atoms with Gasteiger partial charge in [-0.1, -0.05) is 43.9 Å². The van der Waals surface area contributed by atoms with Crippen LogP contribution in [0.5, 0.6) is 5.75 Å². The second-order valence-electron chi connectivity index (χ2n) is 4.55. The summed E-state index contributed by atoms with van der Waals surface area (Å²) in [6.45, 7) is 4.21. The SMILES string of the molecule is CCCCCCC(C)Oc1c(Cl)cccc1C=O. The Kier molecular flexibility index (Phi) is 6.81. The van der Waals surface area contributed by atoms with Crippen LogP contribution in [-0.4, -0.2) is 12.4 Å². The third kappa shape index (κ3) is 4.69. The molecule has 0 spiro atoms. The van der Waals surface area contributed by atoms with Crippen molar-refractivity contribution < 1.29 is 9.53 Å². The Labute approximate surface area is 114 Å². The van der Waals surface area contributed by atoms with Crippen molar-refractivity contribution >= 4 is 17.9 Å². The minimum Gasteiger partial charge on any atom is -0.488 e. The Morgan fingerprint density at radius 1 is 1.33 bits per heavy atom. The molecule has 1 rings (SSSR count). The summed E-state index contributed by atoms with van der Waals surface area (Å²) in [6, 6.07) is 5.22. The van der Waals surface area contributed by atoms with Crippen molar-refractivity contribution in [1.29, 1.82) is 0 Å². The molecule has 0 bridgehead atoms. The second kappa shape index (κ2) is 8.15. The van der Waals surface area contributed by atoms with Gasteiger partial charge < -0.3 is 4.74 Å². The molecule has 0 heterocycles. The van der Waals surface area contributed by atoms with E-state index in [0.29, 0.717) is 16.3 Å². The van der Waals surface area contributed by atoms with Crippen LogP contribution in [0.15, 0.2) is 18.2 Å². The van der Waals surface area contributed by atoms with E-state index in [1.807, 2.05) is 6.92 Å². The summed E-state index contributed by atoms with van der Waals surface area (Å²) in [7, 11) is 0. The summed E-state index contributed by atoms with van der Waals surface area (Å²) >= 11 is 6.05. The maximum Gasteiger partial charge on any atom is 0.153 e. The van der Waals surface area contributed by atoms with Crippen LogP contribution in [0.3, 0.4) is 0 Å². The zero-order valence-electron chi connectivity index (χ0n) is 11.1. The molecular formula is C15H21ClO2. The average molecular weight is 269 g/mol. The van der Waals surface area contributed by atoms with Gasteiger partial charge in [-0.25, -0.2) is 0 Å². The van der Waals surface area contributed by atoms with Crippen molar-refractivity contribution in [2.75, 3.05) is 0 Å². The molecule has 0 radical (unpaired) electrons. The summed E-state index contributed by atoms with van der Waals surface area (Å²) in [4.78, 5) is 10.9. The topological polar surface area (TPSA) is 26.3 Å². The predicted molar refractivity (Wildman–Crippen MR) is 75.7 cm³/mol. The molecule has 2 nitrogen and oxygen atoms in total. The van der Waals surface area contributed by atoms with Gasteiger partial charge in [0.15, 0.2) is 6.29 Å². The van der Waals surface area contributed by atoms with Gasteiger partial charge in [-0.2, -0.15) is 0 Å². The molecule has 0 aliphatic heterocycles. The van der Waals surface area contributed by atoms with Crippen LogP contribution < -0.4 is 4.74 Å². The van der Waals surface area contributed by atoms with E-state index in [2.05, 4.69) is 6.92 Å². The van der Waals surface area contributed by atoms with Crippen LogP contribution >= 0.6 is 11.6 Å². The van der Waals surface area contributed by atoms with Gasteiger partial charge in [0.05, 0.1) is 16.7 Å². The standard InChI is InChI=1S/C15H21ClO2/c1-3-4-5-6-8-12(2)18-15-13(11-17)9-7-10-14(15)16/h7,9-12H,3-6,8H2,1-2H3. The van der Waals surface area contributed by atoms with Gasteiger partial charge in [0, 0.05) is 0 Å². The monoisotopic (exact) mass is 268 g/mol. The van der Waals surface area contributed by atoms with Crippen molar-refractivity contribution in [3.63, 3.8) is 0 Å². The molecule has 18 heavy (non-hydrogen) atoms. The molecule has 3 heteroatoms. The zero-order chi connectivity index (χ0) is 13.4. The van der Waals surface area contributed by atoms with E-state index in [4.69, 9.17) is 16.3 Å². The lowest BCUT2D eigenvalue weighted by Crippen LogP contribution is -2.13. The largest absolute Gasteiger partial charge is 0.488 e. The smallest absolute Gasteiger partial charge is 0.153 e. The Balaban J connectivity index is 2.53. The van der Waals surface area contributed by atoms with E-state index in [0.717, 1.165) is 19.1 Å². The first-order valence-electron chi connectivity index (χ1n) is 6.59. The van der Waals surface area contributed by atoms with Crippen LogP contribution in [0.4, 0.5) is 0 Å². The molecule has 0 aliphatic carbocycles. The number of ether oxygens (including phenoxy) is 1. The van der Waals surface area contributed by atoms with Gasteiger partial charge in [0.25, 0.3) is 0 Å². The van der Waals surface area contributed by atoms with Gasteiger partial charge in [-0.05, 0) is 31.9 Å². The number of halogens is 1. The molecule has 0 saturated heterocycles. The summed E-state index contributed by atoms with van der Waals surface area (Å²) in [5, 5.41) is 0.500. The fourth-order valence-corrected chi connectivity index (χ4v) is 2.09. The Morgan fingerprint density at radius 3 is 2.78 bits per heavy atom. The summed E-state index contributed by atoms with van der Waals surface area (Å²) in [5.41, 5.74) is 0.517.